The Hall–Kier alpha value is -0.280. The number of halogens is 2. The van der Waals surface area contributed by atoms with E-state index >= 15 is 0 Å². The van der Waals surface area contributed by atoms with E-state index in [0.29, 0.717) is 16.1 Å². The molecule has 1 rings (SSSR count). The summed E-state index contributed by atoms with van der Waals surface area (Å²) < 4.78 is 0. The average Bonchev–Trinajstić information content (AvgIpc) is 2.26. The molecule has 0 saturated heterocycles. The molecule has 17 heavy (non-hydrogen) atoms. The third-order valence-corrected chi connectivity index (χ3v) is 3.31. The van der Waals surface area contributed by atoms with Gasteiger partial charge in [-0.2, -0.15) is 0 Å². The summed E-state index contributed by atoms with van der Waals surface area (Å²) in [6, 6.07) is 6.00. The molecule has 0 heterocycles. The zero-order chi connectivity index (χ0) is 12.8. The largest absolute Gasteiger partial charge is 0.396 e. The lowest BCUT2D eigenvalue weighted by Gasteiger charge is -2.26. The smallest absolute Gasteiger partial charge is 0.0465 e. The topological polar surface area (TPSA) is 23.5 Å². The summed E-state index contributed by atoms with van der Waals surface area (Å²) in [7, 11) is 0. The second-order valence-corrected chi connectivity index (χ2v) is 5.22. The predicted octanol–water partition coefficient (Wildman–Crippen LogP) is 3.59. The molecule has 1 aromatic rings. The van der Waals surface area contributed by atoms with Crippen LogP contribution in [0.25, 0.3) is 0 Å². The van der Waals surface area contributed by atoms with E-state index in [9.17, 15) is 0 Å². The van der Waals surface area contributed by atoms with E-state index < -0.39 is 0 Å². The molecule has 0 spiro atoms. The number of hydrogen-bond donors (Lipinski definition) is 1. The van der Waals surface area contributed by atoms with Crippen LogP contribution in [0.2, 0.25) is 10.0 Å². The lowest BCUT2D eigenvalue weighted by molar-refractivity contribution is 0.185. The molecule has 0 aliphatic heterocycles. The van der Waals surface area contributed by atoms with E-state index in [1.165, 1.54) is 0 Å². The summed E-state index contributed by atoms with van der Waals surface area (Å²) in [5.74, 6) is 0. The van der Waals surface area contributed by atoms with Gasteiger partial charge in [-0.05, 0) is 38.0 Å². The van der Waals surface area contributed by atoms with Crippen molar-refractivity contribution in [1.82, 2.24) is 4.90 Å². The van der Waals surface area contributed by atoms with Crippen molar-refractivity contribution in [2.75, 3.05) is 13.2 Å². The molecule has 0 aliphatic carbocycles. The minimum atomic E-state index is 0.220. The highest BCUT2D eigenvalue weighted by molar-refractivity contribution is 6.35. The maximum absolute atomic E-state index is 8.88. The highest BCUT2D eigenvalue weighted by Crippen LogP contribution is 2.22. The number of aliphatic hydroxyl groups is 1. The first-order chi connectivity index (χ1) is 8.04. The van der Waals surface area contributed by atoms with E-state index in [1.54, 1.807) is 6.07 Å². The van der Waals surface area contributed by atoms with Crippen molar-refractivity contribution >= 4 is 23.2 Å². The SMILES string of the molecule is CC(C)N(CCCO)Cc1ccc(Cl)cc1Cl. The lowest BCUT2D eigenvalue weighted by Crippen LogP contribution is -2.31. The highest BCUT2D eigenvalue weighted by atomic mass is 35.5. The van der Waals surface area contributed by atoms with E-state index in [0.717, 1.165) is 25.1 Å². The summed E-state index contributed by atoms with van der Waals surface area (Å²) in [6.07, 6.45) is 0.781. The number of aliphatic hydroxyl groups excluding tert-OH is 1. The van der Waals surface area contributed by atoms with Crippen molar-refractivity contribution < 1.29 is 5.11 Å². The molecule has 0 aromatic heterocycles. The molecule has 0 amide bonds. The van der Waals surface area contributed by atoms with E-state index in [2.05, 4.69) is 18.7 Å². The zero-order valence-electron chi connectivity index (χ0n) is 10.3. The standard InChI is InChI=1S/C13H19Cl2NO/c1-10(2)16(6-3-7-17)9-11-4-5-12(14)8-13(11)15/h4-5,8,10,17H,3,6-7,9H2,1-2H3. The van der Waals surface area contributed by atoms with Crippen LogP contribution in [0.4, 0.5) is 0 Å². The molecule has 0 bridgehead atoms. The van der Waals surface area contributed by atoms with Gasteiger partial charge in [-0.15, -0.1) is 0 Å². The maximum atomic E-state index is 8.88. The molecule has 0 aliphatic rings. The van der Waals surface area contributed by atoms with Gasteiger partial charge in [0.15, 0.2) is 0 Å². The second-order valence-electron chi connectivity index (χ2n) is 4.38. The Kier molecular flexibility index (Phi) is 6.28. The van der Waals surface area contributed by atoms with E-state index in [4.69, 9.17) is 28.3 Å². The van der Waals surface area contributed by atoms with Crippen LogP contribution < -0.4 is 0 Å². The van der Waals surface area contributed by atoms with Crippen LogP contribution in [0.15, 0.2) is 18.2 Å². The summed E-state index contributed by atoms with van der Waals surface area (Å²) in [6.45, 7) is 6.15. The molecule has 0 radical (unpaired) electrons. The monoisotopic (exact) mass is 275 g/mol. The van der Waals surface area contributed by atoms with Gasteiger partial charge < -0.3 is 5.11 Å². The molecule has 1 aromatic carbocycles. The summed E-state index contributed by atoms with van der Waals surface area (Å²) in [5, 5.41) is 10.2. The molecular weight excluding hydrogens is 257 g/mol. The fourth-order valence-corrected chi connectivity index (χ4v) is 2.13. The van der Waals surface area contributed by atoms with Crippen LogP contribution >= 0.6 is 23.2 Å². The van der Waals surface area contributed by atoms with Crippen LogP contribution in [0, 0.1) is 0 Å². The molecule has 96 valence electrons. The molecule has 4 heteroatoms. The van der Waals surface area contributed by atoms with Crippen LogP contribution in [0.1, 0.15) is 25.8 Å². The van der Waals surface area contributed by atoms with Crippen molar-refractivity contribution in [3.8, 4) is 0 Å². The molecule has 0 fully saturated rings. The number of rotatable bonds is 6. The predicted molar refractivity (Wildman–Crippen MR) is 73.7 cm³/mol. The molecule has 1 N–H and O–H groups in total. The van der Waals surface area contributed by atoms with E-state index in [-0.39, 0.29) is 6.61 Å². The normalized spacial score (nSPS) is 11.5. The molecule has 0 unspecified atom stereocenters. The minimum absolute atomic E-state index is 0.220. The summed E-state index contributed by atoms with van der Waals surface area (Å²) in [4.78, 5) is 2.28. The maximum Gasteiger partial charge on any atom is 0.0465 e. The Balaban J connectivity index is 2.71. The van der Waals surface area contributed by atoms with Gasteiger partial charge in [-0.3, -0.25) is 4.90 Å². The molecular formula is C13H19Cl2NO. The average molecular weight is 276 g/mol. The Morgan fingerprint density at radius 2 is 2.00 bits per heavy atom. The van der Waals surface area contributed by atoms with Gasteiger partial charge in [0, 0.05) is 35.8 Å². The first-order valence-electron chi connectivity index (χ1n) is 5.83. The summed E-state index contributed by atoms with van der Waals surface area (Å²) in [5.41, 5.74) is 1.07. The zero-order valence-corrected chi connectivity index (χ0v) is 11.8. The van der Waals surface area contributed by atoms with Gasteiger partial charge in [-0.1, -0.05) is 29.3 Å². The third kappa shape index (κ3) is 4.84. The second kappa shape index (κ2) is 7.22. The van der Waals surface area contributed by atoms with Crippen molar-refractivity contribution in [2.45, 2.75) is 32.9 Å². The molecule has 2 nitrogen and oxygen atoms in total. The first-order valence-corrected chi connectivity index (χ1v) is 6.59. The van der Waals surface area contributed by atoms with Gasteiger partial charge >= 0.3 is 0 Å². The Bertz CT molecular complexity index is 355. The Labute approximate surface area is 113 Å². The first kappa shape index (κ1) is 14.8. The van der Waals surface area contributed by atoms with Crippen LogP contribution in [0.3, 0.4) is 0 Å². The number of nitrogens with zero attached hydrogens (tertiary/aromatic N) is 1. The molecule has 0 atom stereocenters. The Morgan fingerprint density at radius 3 is 2.53 bits per heavy atom. The van der Waals surface area contributed by atoms with Crippen molar-refractivity contribution in [2.24, 2.45) is 0 Å². The number of hydrogen-bond acceptors (Lipinski definition) is 2. The van der Waals surface area contributed by atoms with Crippen molar-refractivity contribution in [1.29, 1.82) is 0 Å². The van der Waals surface area contributed by atoms with Gasteiger partial charge in [0.1, 0.15) is 0 Å². The van der Waals surface area contributed by atoms with Gasteiger partial charge in [-0.25, -0.2) is 0 Å². The third-order valence-electron chi connectivity index (χ3n) is 2.72. The van der Waals surface area contributed by atoms with Gasteiger partial charge in [0.25, 0.3) is 0 Å². The van der Waals surface area contributed by atoms with Crippen LogP contribution in [0.5, 0.6) is 0 Å². The number of benzene rings is 1. The van der Waals surface area contributed by atoms with Crippen LogP contribution in [-0.2, 0) is 6.54 Å². The quantitative estimate of drug-likeness (QED) is 0.858. The van der Waals surface area contributed by atoms with Gasteiger partial charge in [0.2, 0.25) is 0 Å². The minimum Gasteiger partial charge on any atom is -0.396 e. The fourth-order valence-electron chi connectivity index (χ4n) is 1.66. The van der Waals surface area contributed by atoms with E-state index in [1.807, 2.05) is 12.1 Å². The lowest BCUT2D eigenvalue weighted by atomic mass is 10.2. The molecule has 0 saturated carbocycles. The van der Waals surface area contributed by atoms with Crippen LogP contribution in [-0.4, -0.2) is 29.2 Å². The van der Waals surface area contributed by atoms with Crippen molar-refractivity contribution in [3.05, 3.63) is 33.8 Å². The highest BCUT2D eigenvalue weighted by Gasteiger charge is 2.11. The summed E-state index contributed by atoms with van der Waals surface area (Å²) >= 11 is 12.0. The van der Waals surface area contributed by atoms with Crippen molar-refractivity contribution in [3.63, 3.8) is 0 Å². The fraction of sp³-hybridized carbons (Fsp3) is 0.538. The Morgan fingerprint density at radius 1 is 1.29 bits per heavy atom. The van der Waals surface area contributed by atoms with Gasteiger partial charge in [0.05, 0.1) is 0 Å².